The van der Waals surface area contributed by atoms with Crippen LogP contribution in [-0.4, -0.2) is 58.9 Å². The molecule has 28 heavy (non-hydrogen) atoms. The molecule has 3 aromatic rings. The van der Waals surface area contributed by atoms with Gasteiger partial charge in [-0.15, -0.1) is 0 Å². The number of aryl methyl sites for hydroxylation is 1. The molecule has 0 bridgehead atoms. The number of carbonyl (C=O) groups is 1. The molecule has 5 heteroatoms. The van der Waals surface area contributed by atoms with Crippen LogP contribution in [0.2, 0.25) is 0 Å². The fourth-order valence-corrected chi connectivity index (χ4v) is 4.13. The number of fused-ring (bicyclic) bond motifs is 1. The Kier molecular flexibility index (Phi) is 5.35. The quantitative estimate of drug-likeness (QED) is 0.706. The number of nitrogens with zero attached hydrogens (tertiary/aromatic N) is 4. The summed E-state index contributed by atoms with van der Waals surface area (Å²) in [6, 6.07) is 12.1. The number of aromatic nitrogens is 2. The van der Waals surface area contributed by atoms with Crippen LogP contribution in [0, 0.1) is 12.8 Å². The maximum atomic E-state index is 13.1. The minimum absolute atomic E-state index is 0.0851. The molecule has 1 aliphatic rings. The SMILES string of the molecule is Cc1ncccc1C(=O)N1CCN(C)CC(Cc2cncc3ccccc23)C1. The standard InChI is InChI=1S/C23H26N4O/c1-17-21(8-5-9-25-17)23(28)27-11-10-26(2)15-18(16-27)12-20-14-24-13-19-6-3-4-7-22(19)20/h3-9,13-14,18H,10-12,15-16H2,1-2H3. The number of hydrogen-bond acceptors (Lipinski definition) is 4. The molecule has 0 saturated carbocycles. The van der Waals surface area contributed by atoms with Gasteiger partial charge in [0.25, 0.3) is 5.91 Å². The Morgan fingerprint density at radius 2 is 1.96 bits per heavy atom. The predicted molar refractivity (Wildman–Crippen MR) is 111 cm³/mol. The van der Waals surface area contributed by atoms with Crippen molar-refractivity contribution in [1.82, 2.24) is 19.8 Å². The van der Waals surface area contributed by atoms with E-state index in [1.54, 1.807) is 6.20 Å². The van der Waals surface area contributed by atoms with Gasteiger partial charge in [-0.25, -0.2) is 0 Å². The summed E-state index contributed by atoms with van der Waals surface area (Å²) in [7, 11) is 2.14. The maximum Gasteiger partial charge on any atom is 0.255 e. The summed E-state index contributed by atoms with van der Waals surface area (Å²) in [5.74, 6) is 0.447. The normalized spacial score (nSPS) is 18.2. The van der Waals surface area contributed by atoms with Crippen LogP contribution < -0.4 is 0 Å². The van der Waals surface area contributed by atoms with E-state index in [4.69, 9.17) is 0 Å². The number of benzene rings is 1. The van der Waals surface area contributed by atoms with Gasteiger partial charge in [0.1, 0.15) is 0 Å². The highest BCUT2D eigenvalue weighted by atomic mass is 16.2. The Labute approximate surface area is 166 Å². The van der Waals surface area contributed by atoms with E-state index in [0.717, 1.165) is 38.3 Å². The van der Waals surface area contributed by atoms with Crippen molar-refractivity contribution in [3.05, 3.63) is 71.8 Å². The van der Waals surface area contributed by atoms with Crippen LogP contribution in [0.15, 0.2) is 55.0 Å². The smallest absolute Gasteiger partial charge is 0.255 e. The molecule has 2 aromatic heterocycles. The topological polar surface area (TPSA) is 49.3 Å². The zero-order valence-corrected chi connectivity index (χ0v) is 16.5. The highest BCUT2D eigenvalue weighted by Crippen LogP contribution is 2.22. The molecule has 1 aromatic carbocycles. The molecule has 4 rings (SSSR count). The summed E-state index contributed by atoms with van der Waals surface area (Å²) < 4.78 is 0. The zero-order valence-electron chi connectivity index (χ0n) is 16.5. The van der Waals surface area contributed by atoms with E-state index in [-0.39, 0.29) is 5.91 Å². The van der Waals surface area contributed by atoms with Crippen LogP contribution in [0.3, 0.4) is 0 Å². The van der Waals surface area contributed by atoms with Gasteiger partial charge in [-0.1, -0.05) is 24.3 Å². The predicted octanol–water partition coefficient (Wildman–Crippen LogP) is 3.18. The number of hydrogen-bond donors (Lipinski definition) is 0. The summed E-state index contributed by atoms with van der Waals surface area (Å²) >= 11 is 0. The van der Waals surface area contributed by atoms with Crippen LogP contribution in [0.4, 0.5) is 0 Å². The minimum Gasteiger partial charge on any atom is -0.337 e. The van der Waals surface area contributed by atoms with Gasteiger partial charge < -0.3 is 9.80 Å². The third-order valence-corrected chi connectivity index (χ3v) is 5.58. The van der Waals surface area contributed by atoms with Crippen molar-refractivity contribution in [2.45, 2.75) is 13.3 Å². The molecular weight excluding hydrogens is 348 g/mol. The average Bonchev–Trinajstić information content (AvgIpc) is 2.89. The second-order valence-electron chi connectivity index (χ2n) is 7.74. The summed E-state index contributed by atoms with van der Waals surface area (Å²) in [4.78, 5) is 26.2. The van der Waals surface area contributed by atoms with Gasteiger partial charge in [-0.2, -0.15) is 0 Å². The van der Waals surface area contributed by atoms with Gasteiger partial charge in [0, 0.05) is 55.8 Å². The first-order valence-electron chi connectivity index (χ1n) is 9.83. The largest absolute Gasteiger partial charge is 0.337 e. The zero-order chi connectivity index (χ0) is 19.5. The van der Waals surface area contributed by atoms with Gasteiger partial charge in [0.05, 0.1) is 5.56 Å². The van der Waals surface area contributed by atoms with E-state index in [2.05, 4.69) is 40.1 Å². The number of carbonyl (C=O) groups excluding carboxylic acids is 1. The van der Waals surface area contributed by atoms with Crippen molar-refractivity contribution in [1.29, 1.82) is 0 Å². The first kappa shape index (κ1) is 18.6. The maximum absolute atomic E-state index is 13.1. The summed E-state index contributed by atoms with van der Waals surface area (Å²) in [5.41, 5.74) is 2.75. The highest BCUT2D eigenvalue weighted by molar-refractivity contribution is 5.95. The second-order valence-corrected chi connectivity index (χ2v) is 7.74. The van der Waals surface area contributed by atoms with Crippen LogP contribution >= 0.6 is 0 Å². The fraction of sp³-hybridized carbons (Fsp3) is 0.348. The lowest BCUT2D eigenvalue weighted by Gasteiger charge is -2.25. The Bertz CT molecular complexity index is 982. The second kappa shape index (κ2) is 8.07. The summed E-state index contributed by atoms with van der Waals surface area (Å²) in [6.45, 7) is 5.25. The Morgan fingerprint density at radius 3 is 2.82 bits per heavy atom. The molecule has 5 nitrogen and oxygen atoms in total. The number of amides is 1. The fourth-order valence-electron chi connectivity index (χ4n) is 4.13. The Balaban J connectivity index is 1.58. The molecular formula is C23H26N4O. The molecule has 1 saturated heterocycles. The molecule has 0 aliphatic carbocycles. The van der Waals surface area contributed by atoms with Crippen molar-refractivity contribution in [3.63, 3.8) is 0 Å². The number of rotatable bonds is 3. The molecule has 1 amide bonds. The Morgan fingerprint density at radius 1 is 1.11 bits per heavy atom. The van der Waals surface area contributed by atoms with Gasteiger partial charge in [0.15, 0.2) is 0 Å². The van der Waals surface area contributed by atoms with Crippen molar-refractivity contribution in [2.75, 3.05) is 33.2 Å². The molecule has 1 aliphatic heterocycles. The lowest BCUT2D eigenvalue weighted by atomic mass is 9.96. The molecule has 1 fully saturated rings. The van der Waals surface area contributed by atoms with Crippen molar-refractivity contribution in [2.24, 2.45) is 5.92 Å². The van der Waals surface area contributed by atoms with E-state index >= 15 is 0 Å². The van der Waals surface area contributed by atoms with E-state index in [1.165, 1.54) is 16.3 Å². The van der Waals surface area contributed by atoms with Crippen LogP contribution in [0.25, 0.3) is 10.8 Å². The first-order valence-corrected chi connectivity index (χ1v) is 9.83. The van der Waals surface area contributed by atoms with E-state index < -0.39 is 0 Å². The van der Waals surface area contributed by atoms with Crippen LogP contribution in [0.1, 0.15) is 21.6 Å². The lowest BCUT2D eigenvalue weighted by molar-refractivity contribution is 0.0745. The highest BCUT2D eigenvalue weighted by Gasteiger charge is 2.26. The molecule has 1 unspecified atom stereocenters. The van der Waals surface area contributed by atoms with Crippen LogP contribution in [0.5, 0.6) is 0 Å². The van der Waals surface area contributed by atoms with E-state index in [1.807, 2.05) is 42.4 Å². The molecule has 144 valence electrons. The third kappa shape index (κ3) is 3.90. The molecule has 3 heterocycles. The average molecular weight is 374 g/mol. The summed E-state index contributed by atoms with van der Waals surface area (Å²) in [5, 5.41) is 2.42. The van der Waals surface area contributed by atoms with Crippen molar-refractivity contribution < 1.29 is 4.79 Å². The molecule has 0 spiro atoms. The molecule has 0 radical (unpaired) electrons. The van der Waals surface area contributed by atoms with E-state index in [0.29, 0.717) is 11.5 Å². The summed E-state index contributed by atoms with van der Waals surface area (Å²) in [6.07, 6.45) is 6.54. The van der Waals surface area contributed by atoms with Gasteiger partial charge >= 0.3 is 0 Å². The van der Waals surface area contributed by atoms with E-state index in [9.17, 15) is 4.79 Å². The monoisotopic (exact) mass is 374 g/mol. The van der Waals surface area contributed by atoms with Gasteiger partial charge in [-0.05, 0) is 49.4 Å². The lowest BCUT2D eigenvalue weighted by Crippen LogP contribution is -2.37. The Hall–Kier alpha value is -2.79. The first-order chi connectivity index (χ1) is 13.6. The number of pyridine rings is 2. The van der Waals surface area contributed by atoms with Crippen LogP contribution in [-0.2, 0) is 6.42 Å². The minimum atomic E-state index is 0.0851. The third-order valence-electron chi connectivity index (χ3n) is 5.58. The van der Waals surface area contributed by atoms with Gasteiger partial charge in [-0.3, -0.25) is 14.8 Å². The van der Waals surface area contributed by atoms with Crippen molar-refractivity contribution in [3.8, 4) is 0 Å². The van der Waals surface area contributed by atoms with Crippen molar-refractivity contribution >= 4 is 16.7 Å². The number of likely N-dealkylation sites (N-methyl/N-ethyl adjacent to an activating group) is 1. The van der Waals surface area contributed by atoms with Gasteiger partial charge in [0.2, 0.25) is 0 Å². The molecule has 1 atom stereocenters. The molecule has 0 N–H and O–H groups in total.